The van der Waals surface area contributed by atoms with Gasteiger partial charge in [0.1, 0.15) is 11.5 Å². The Balaban J connectivity index is 1.64. The third-order valence-electron chi connectivity index (χ3n) is 7.41. The van der Waals surface area contributed by atoms with E-state index in [1.807, 2.05) is 4.90 Å². The highest BCUT2D eigenvalue weighted by molar-refractivity contribution is 6.40. The van der Waals surface area contributed by atoms with Crippen molar-refractivity contribution < 1.29 is 24.6 Å². The van der Waals surface area contributed by atoms with Gasteiger partial charge >= 0.3 is 0 Å². The number of rotatable bonds is 4. The van der Waals surface area contributed by atoms with Crippen molar-refractivity contribution in [3.8, 4) is 11.5 Å². The molecule has 0 aliphatic carbocycles. The number of Topliss-reactive ketones (excluding diaryl/α,β-unsaturated/α-hetero) is 1. The van der Waals surface area contributed by atoms with Gasteiger partial charge in [0.2, 0.25) is 5.78 Å². The van der Waals surface area contributed by atoms with Crippen LogP contribution in [0.3, 0.4) is 0 Å². The summed E-state index contributed by atoms with van der Waals surface area (Å²) in [5, 5.41) is 26.0. The number of nitrogens with one attached hydrogen (secondary N) is 1. The molecule has 3 aromatic carbocycles. The number of carbonyl (C=O) groups excluding carboxylic acids is 3. The number of phenols is 2. The summed E-state index contributed by atoms with van der Waals surface area (Å²) in [6.07, 6.45) is 5.28. The number of likely N-dealkylation sites (tertiary alicyclic amines) is 1. The fourth-order valence-corrected chi connectivity index (χ4v) is 5.75. The third-order valence-corrected chi connectivity index (χ3v) is 7.41. The average molecular weight is 461 g/mol. The van der Waals surface area contributed by atoms with E-state index in [-0.39, 0.29) is 35.3 Å². The van der Waals surface area contributed by atoms with Crippen molar-refractivity contribution in [3.63, 3.8) is 0 Å². The van der Waals surface area contributed by atoms with Crippen molar-refractivity contribution >= 4 is 39.5 Å². The second kappa shape index (κ2) is 9.06. The summed E-state index contributed by atoms with van der Waals surface area (Å²) in [4.78, 5) is 39.8. The second-order valence-corrected chi connectivity index (χ2v) is 9.35. The first-order valence-corrected chi connectivity index (χ1v) is 11.9. The minimum absolute atomic E-state index is 0.0583. The summed E-state index contributed by atoms with van der Waals surface area (Å²) in [7, 11) is 0. The lowest BCUT2D eigenvalue weighted by Gasteiger charge is -2.42. The van der Waals surface area contributed by atoms with Crippen LogP contribution in [0.2, 0.25) is 0 Å². The van der Waals surface area contributed by atoms with E-state index in [0.29, 0.717) is 39.6 Å². The molecule has 3 N–H and O–H groups in total. The molecule has 5 rings (SSSR count). The number of hydrogen-bond donors (Lipinski definition) is 3. The van der Waals surface area contributed by atoms with Gasteiger partial charge in [-0.25, -0.2) is 0 Å². The molecule has 3 aromatic rings. The molecule has 7 heteroatoms. The minimum Gasteiger partial charge on any atom is -0.507 e. The van der Waals surface area contributed by atoms with E-state index < -0.39 is 5.78 Å². The van der Waals surface area contributed by atoms with Gasteiger partial charge < -0.3 is 20.4 Å². The number of piperidine rings is 2. The first-order valence-electron chi connectivity index (χ1n) is 11.9. The zero-order valence-electron chi connectivity index (χ0n) is 18.9. The van der Waals surface area contributed by atoms with E-state index in [4.69, 9.17) is 0 Å². The van der Waals surface area contributed by atoms with Gasteiger partial charge in [-0.3, -0.25) is 14.4 Å². The zero-order valence-corrected chi connectivity index (χ0v) is 18.9. The van der Waals surface area contributed by atoms with Crippen LogP contribution in [0, 0.1) is 5.92 Å². The molecule has 1 amide bonds. The largest absolute Gasteiger partial charge is 0.507 e. The summed E-state index contributed by atoms with van der Waals surface area (Å²) in [5.74, 6) is -0.714. The normalized spacial score (nSPS) is 19.4. The van der Waals surface area contributed by atoms with Crippen LogP contribution >= 0.6 is 0 Å². The summed E-state index contributed by atoms with van der Waals surface area (Å²) in [5.41, 5.74) is 0.377. The van der Waals surface area contributed by atoms with Gasteiger partial charge in [0, 0.05) is 34.5 Å². The topological polar surface area (TPSA) is 107 Å². The van der Waals surface area contributed by atoms with Crippen molar-refractivity contribution in [2.24, 2.45) is 5.92 Å². The number of benzene rings is 3. The Kier molecular flexibility index (Phi) is 5.96. The molecule has 2 heterocycles. The van der Waals surface area contributed by atoms with Crippen molar-refractivity contribution in [1.82, 2.24) is 10.2 Å². The Morgan fingerprint density at radius 3 is 2.44 bits per heavy atom. The number of aldehydes is 1. The number of nitrogens with zero attached hydrogens (tertiary/aromatic N) is 1. The van der Waals surface area contributed by atoms with Crippen LogP contribution in [0.25, 0.3) is 21.5 Å². The number of ketones is 1. The molecule has 2 aliphatic heterocycles. The maximum Gasteiger partial charge on any atom is 0.254 e. The average Bonchev–Trinajstić information content (AvgIpc) is 2.87. The van der Waals surface area contributed by atoms with Crippen molar-refractivity contribution in [1.29, 1.82) is 0 Å². The van der Waals surface area contributed by atoms with Crippen LogP contribution in [0.1, 0.15) is 52.8 Å². The number of amides is 1. The van der Waals surface area contributed by atoms with Crippen LogP contribution < -0.4 is 5.32 Å². The van der Waals surface area contributed by atoms with Crippen LogP contribution in [-0.2, 0) is 4.79 Å². The van der Waals surface area contributed by atoms with Gasteiger partial charge in [-0.15, -0.1) is 0 Å². The van der Waals surface area contributed by atoms with Crippen LogP contribution in [0.4, 0.5) is 0 Å². The zero-order chi connectivity index (χ0) is 23.8. The smallest absolute Gasteiger partial charge is 0.254 e. The van der Waals surface area contributed by atoms with Gasteiger partial charge in [0.15, 0.2) is 6.29 Å². The number of phenolic OH excluding ortho intramolecular Hbond substituents is 2. The van der Waals surface area contributed by atoms with E-state index in [1.54, 1.807) is 24.3 Å². The summed E-state index contributed by atoms with van der Waals surface area (Å²) < 4.78 is 0. The number of aromatic hydroxyl groups is 2. The first kappa shape index (κ1) is 22.3. The van der Waals surface area contributed by atoms with Crippen molar-refractivity contribution in [2.45, 2.75) is 38.1 Å². The molecule has 1 atom stereocenters. The van der Waals surface area contributed by atoms with Crippen molar-refractivity contribution in [3.05, 3.63) is 47.5 Å². The van der Waals surface area contributed by atoms with Crippen LogP contribution in [0.15, 0.2) is 36.4 Å². The van der Waals surface area contributed by atoms with Crippen molar-refractivity contribution in [2.75, 3.05) is 19.6 Å². The summed E-state index contributed by atoms with van der Waals surface area (Å²) in [6, 6.07) is 9.50. The third kappa shape index (κ3) is 3.80. The van der Waals surface area contributed by atoms with Gasteiger partial charge in [-0.1, -0.05) is 12.1 Å². The minimum atomic E-state index is -0.768. The Hall–Kier alpha value is -3.45. The first-order chi connectivity index (χ1) is 16.5. The van der Waals surface area contributed by atoms with Crippen LogP contribution in [0.5, 0.6) is 11.5 Å². The number of carbonyl (C=O) groups is 3. The monoisotopic (exact) mass is 460 g/mol. The highest BCUT2D eigenvalue weighted by atomic mass is 16.3. The van der Waals surface area contributed by atoms with Gasteiger partial charge in [-0.2, -0.15) is 0 Å². The van der Waals surface area contributed by atoms with E-state index in [2.05, 4.69) is 5.32 Å². The Bertz CT molecular complexity index is 1300. The Morgan fingerprint density at radius 1 is 0.912 bits per heavy atom. The molecule has 0 bridgehead atoms. The molecular weight excluding hydrogens is 432 g/mol. The lowest BCUT2D eigenvalue weighted by Crippen LogP contribution is -2.49. The van der Waals surface area contributed by atoms with E-state index in [0.717, 1.165) is 45.2 Å². The molecule has 0 saturated carbocycles. The SMILES string of the molecule is O=CC(=O)c1c2cccc(O)c2cc2c(O)cc(C(=O)N3CCCCC3C3CCNCC3)cc12. The molecular formula is C27H28N2O5. The van der Waals surface area contributed by atoms with E-state index >= 15 is 0 Å². The Morgan fingerprint density at radius 2 is 1.68 bits per heavy atom. The quantitative estimate of drug-likeness (QED) is 0.237. The maximum absolute atomic E-state index is 13.7. The lowest BCUT2D eigenvalue weighted by atomic mass is 9.83. The van der Waals surface area contributed by atoms with E-state index in [9.17, 15) is 24.6 Å². The number of hydrogen-bond acceptors (Lipinski definition) is 6. The molecule has 0 radical (unpaired) electrons. The maximum atomic E-state index is 13.7. The second-order valence-electron chi connectivity index (χ2n) is 9.35. The molecule has 1 unspecified atom stereocenters. The fraction of sp³-hybridized carbons (Fsp3) is 0.370. The molecule has 2 saturated heterocycles. The molecule has 176 valence electrons. The number of fused-ring (bicyclic) bond motifs is 2. The molecule has 0 aromatic heterocycles. The molecule has 34 heavy (non-hydrogen) atoms. The van der Waals surface area contributed by atoms with Crippen LogP contribution in [-0.4, -0.2) is 58.8 Å². The van der Waals surface area contributed by atoms with Gasteiger partial charge in [0.25, 0.3) is 5.91 Å². The predicted octanol–water partition coefficient (Wildman–Crippen LogP) is 3.78. The standard InChI is InChI=1S/C27H28N2O5/c30-15-25(33)26-18-4-3-6-23(31)19(18)14-20-21(26)12-17(13-24(20)32)27(34)29-11-2-1-5-22(29)16-7-9-28-10-8-16/h3-4,6,12-16,22,28,31-32H,1-2,5,7-11H2. The Labute approximate surface area is 197 Å². The van der Waals surface area contributed by atoms with Gasteiger partial charge in [-0.05, 0) is 86.1 Å². The summed E-state index contributed by atoms with van der Waals surface area (Å²) in [6.45, 7) is 2.58. The lowest BCUT2D eigenvalue weighted by molar-refractivity contribution is -0.104. The fourth-order valence-electron chi connectivity index (χ4n) is 5.75. The summed E-state index contributed by atoms with van der Waals surface area (Å²) >= 11 is 0. The predicted molar refractivity (Wildman–Crippen MR) is 129 cm³/mol. The highest BCUT2D eigenvalue weighted by Gasteiger charge is 2.34. The molecule has 0 spiro atoms. The highest BCUT2D eigenvalue weighted by Crippen LogP contribution is 2.38. The molecule has 7 nitrogen and oxygen atoms in total. The molecule has 2 aliphatic rings. The van der Waals surface area contributed by atoms with E-state index in [1.165, 1.54) is 12.1 Å². The molecule has 2 fully saturated rings. The van der Waals surface area contributed by atoms with Gasteiger partial charge in [0.05, 0.1) is 0 Å².